The van der Waals surface area contributed by atoms with Crippen LogP contribution in [0.2, 0.25) is 5.02 Å². The van der Waals surface area contributed by atoms with Gasteiger partial charge in [-0.2, -0.15) is 6.08 Å². The van der Waals surface area contributed by atoms with E-state index in [1.54, 1.807) is 26.0 Å². The molecule has 0 unspecified atom stereocenters. The first-order chi connectivity index (χ1) is 8.89. The maximum absolute atomic E-state index is 9.27. The molecule has 101 valence electrons. The van der Waals surface area contributed by atoms with Crippen LogP contribution < -0.4 is 0 Å². The van der Waals surface area contributed by atoms with Crippen LogP contribution in [0.5, 0.6) is 5.75 Å². The summed E-state index contributed by atoms with van der Waals surface area (Å²) in [5, 5.41) is 9.86. The van der Waals surface area contributed by atoms with Crippen molar-refractivity contribution in [1.29, 1.82) is 0 Å². The number of hydrogen-bond donors (Lipinski definition) is 1. The Hall–Kier alpha value is -0.626. The van der Waals surface area contributed by atoms with Crippen LogP contribution in [-0.2, 0) is 25.4 Å². The Kier molecular flexibility index (Phi) is 9.00. The number of benzene rings is 1. The zero-order valence-corrected chi connectivity index (χ0v) is 14.0. The van der Waals surface area contributed by atoms with Crippen molar-refractivity contribution in [3.05, 3.63) is 53.1 Å². The predicted octanol–water partition coefficient (Wildman–Crippen LogP) is 4.61. The van der Waals surface area contributed by atoms with Gasteiger partial charge in [0, 0.05) is 5.02 Å². The van der Waals surface area contributed by atoms with Crippen molar-refractivity contribution in [2.45, 2.75) is 32.6 Å². The first kappa shape index (κ1) is 18.4. The molecule has 0 aromatic heterocycles. The second-order valence-electron chi connectivity index (χ2n) is 4.95. The molecule has 1 aromatic carbocycles. The summed E-state index contributed by atoms with van der Waals surface area (Å²) < 4.78 is 0. The molecule has 2 rings (SSSR count). The molecule has 0 spiro atoms. The van der Waals surface area contributed by atoms with Gasteiger partial charge in [-0.1, -0.05) is 32.4 Å². The Morgan fingerprint density at radius 2 is 1.89 bits per heavy atom. The summed E-state index contributed by atoms with van der Waals surface area (Å²) in [5.41, 5.74) is 1.08. The molecule has 0 saturated heterocycles. The van der Waals surface area contributed by atoms with Crippen LogP contribution in [0.1, 0.15) is 32.8 Å². The van der Waals surface area contributed by atoms with E-state index in [1.807, 2.05) is 18.2 Å². The fourth-order valence-electron chi connectivity index (χ4n) is 1.35. The Balaban J connectivity index is 0.000000383. The molecule has 3 heteroatoms. The fourth-order valence-corrected chi connectivity index (χ4v) is 1.58. The van der Waals surface area contributed by atoms with Crippen LogP contribution >= 0.6 is 11.6 Å². The maximum atomic E-state index is 9.27. The number of hydrogen-bond acceptors (Lipinski definition) is 1. The monoisotopic (exact) mass is 311 g/mol. The van der Waals surface area contributed by atoms with Crippen molar-refractivity contribution in [3.8, 4) is 5.75 Å². The summed E-state index contributed by atoms with van der Waals surface area (Å²) in [5.74, 6) is 0.229. The third-order valence-electron chi connectivity index (χ3n) is 2.33. The molecule has 1 N–H and O–H groups in total. The van der Waals surface area contributed by atoms with Crippen LogP contribution in [0.15, 0.2) is 36.4 Å². The van der Waals surface area contributed by atoms with Crippen LogP contribution in [0, 0.1) is 6.08 Å². The van der Waals surface area contributed by atoms with Gasteiger partial charge < -0.3 is 5.11 Å². The minimum absolute atomic E-state index is 0.0301. The van der Waals surface area contributed by atoms with Gasteiger partial charge in [-0.05, 0) is 29.2 Å². The van der Waals surface area contributed by atoms with Gasteiger partial charge in [-0.15, -0.1) is 6.42 Å². The molecule has 1 aliphatic rings. The van der Waals surface area contributed by atoms with Crippen LogP contribution in [-0.4, -0.2) is 9.92 Å². The first-order valence-electron chi connectivity index (χ1n) is 5.97. The molecule has 1 nitrogen and oxygen atoms in total. The molecular weight excluding hydrogens is 291 g/mol. The standard InChI is InChI=1S/C10H13ClO.C5H5.CH2.Ti/c1-10(2,3)7-4-8(11)6-9(12)5-7;1-2-4-5-3-1;;/h4-6,12H,1-3H3;1-3H,4H2;1H2;/q;-1;;+1. The van der Waals surface area contributed by atoms with Gasteiger partial charge >= 0.3 is 24.8 Å². The summed E-state index contributed by atoms with van der Waals surface area (Å²) in [6, 6.07) is 5.16. The molecule has 1 aliphatic carbocycles. The van der Waals surface area contributed by atoms with E-state index in [1.165, 1.54) is 6.07 Å². The van der Waals surface area contributed by atoms with Gasteiger partial charge in [-0.25, -0.2) is 12.2 Å². The van der Waals surface area contributed by atoms with Gasteiger partial charge in [0.05, 0.1) is 0 Å². The molecule has 0 bridgehead atoms. The molecule has 1 aromatic rings. The van der Waals surface area contributed by atoms with Crippen molar-refractivity contribution in [1.82, 2.24) is 0 Å². The molecule has 0 aliphatic heterocycles. The SMILES string of the molecule is CC(C)(C)c1cc(O)cc(Cl)c1.[C-]1=CC=CC1.[CH2]=[Ti+]. The summed E-state index contributed by atoms with van der Waals surface area (Å²) in [4.78, 5) is 3.25. The van der Waals surface area contributed by atoms with Crippen molar-refractivity contribution >= 4 is 16.4 Å². The Bertz CT molecular complexity index is 414. The molecule has 0 fully saturated rings. The van der Waals surface area contributed by atoms with E-state index in [4.69, 9.17) is 11.6 Å². The second kappa shape index (κ2) is 9.31. The zero-order valence-electron chi connectivity index (χ0n) is 11.7. The number of halogens is 1. The van der Waals surface area contributed by atoms with Crippen molar-refractivity contribution in [2.24, 2.45) is 0 Å². The second-order valence-corrected chi connectivity index (χ2v) is 5.39. The third kappa shape index (κ3) is 8.20. The average Bonchev–Trinajstić information content (AvgIpc) is 2.88. The normalized spacial score (nSPS) is 12.3. The van der Waals surface area contributed by atoms with E-state index in [-0.39, 0.29) is 11.2 Å². The van der Waals surface area contributed by atoms with E-state index >= 15 is 0 Å². The number of phenolic OH excluding ortho intramolecular Hbond substituents is 1. The summed E-state index contributed by atoms with van der Waals surface area (Å²) in [7, 11) is 0. The van der Waals surface area contributed by atoms with Crippen molar-refractivity contribution < 1.29 is 25.1 Å². The molecule has 0 saturated carbocycles. The van der Waals surface area contributed by atoms with E-state index in [9.17, 15) is 5.11 Å². The Morgan fingerprint density at radius 1 is 1.26 bits per heavy atom. The number of aromatic hydroxyl groups is 1. The third-order valence-corrected chi connectivity index (χ3v) is 2.55. The van der Waals surface area contributed by atoms with Crippen LogP contribution in [0.25, 0.3) is 0 Å². The van der Waals surface area contributed by atoms with E-state index in [0.29, 0.717) is 5.02 Å². The van der Waals surface area contributed by atoms with E-state index < -0.39 is 0 Å². The van der Waals surface area contributed by atoms with Crippen LogP contribution in [0.4, 0.5) is 0 Å². The molecule has 19 heavy (non-hydrogen) atoms. The molecule has 0 heterocycles. The van der Waals surface area contributed by atoms with Gasteiger partial charge in [-0.3, -0.25) is 6.08 Å². The summed E-state index contributed by atoms with van der Waals surface area (Å²) in [6.45, 7) is 6.24. The van der Waals surface area contributed by atoms with Crippen molar-refractivity contribution in [2.75, 3.05) is 0 Å². The Morgan fingerprint density at radius 3 is 2.21 bits per heavy atom. The summed E-state index contributed by atoms with van der Waals surface area (Å²) in [6.07, 6.45) is 10.0. The van der Waals surface area contributed by atoms with Gasteiger partial charge in [0.2, 0.25) is 0 Å². The van der Waals surface area contributed by atoms with E-state index in [0.717, 1.165) is 12.0 Å². The number of allylic oxidation sites excluding steroid dienone is 4. The number of phenols is 1. The number of rotatable bonds is 0. The topological polar surface area (TPSA) is 20.2 Å². The van der Waals surface area contributed by atoms with Gasteiger partial charge in [0.25, 0.3) is 0 Å². The molecule has 0 atom stereocenters. The van der Waals surface area contributed by atoms with E-state index in [2.05, 4.69) is 37.7 Å². The zero-order chi connectivity index (χ0) is 14.9. The van der Waals surface area contributed by atoms with Gasteiger partial charge in [0.1, 0.15) is 5.75 Å². The van der Waals surface area contributed by atoms with Gasteiger partial charge in [0.15, 0.2) is 0 Å². The molecular formula is C16H20ClOTi. The average molecular weight is 312 g/mol. The summed E-state index contributed by atoms with van der Waals surface area (Å²) >= 11 is 7.55. The first-order valence-corrected chi connectivity index (χ1v) is 7.45. The molecule has 0 radical (unpaired) electrons. The Labute approximate surface area is 132 Å². The van der Waals surface area contributed by atoms with Crippen molar-refractivity contribution in [3.63, 3.8) is 0 Å². The fraction of sp³-hybridized carbons (Fsp3) is 0.312. The predicted molar refractivity (Wildman–Crippen MR) is 80.5 cm³/mol. The minimum atomic E-state index is 0.0301. The quantitative estimate of drug-likeness (QED) is 0.548. The molecule has 0 amide bonds. The van der Waals surface area contributed by atoms with Crippen LogP contribution in [0.3, 0.4) is 0 Å².